The number of primary amides is 1. The number of aryl methyl sites for hydroxylation is 1. The average molecular weight is 438 g/mol. The molecule has 5 N–H and O–H groups in total. The van der Waals surface area contributed by atoms with Gasteiger partial charge in [0.25, 0.3) is 5.91 Å². The molecule has 0 aliphatic heterocycles. The zero-order chi connectivity index (χ0) is 23.5. The number of rotatable bonds is 10. The van der Waals surface area contributed by atoms with Crippen LogP contribution < -0.4 is 16.4 Å². The summed E-state index contributed by atoms with van der Waals surface area (Å²) < 4.78 is 4.77. The average Bonchev–Trinajstić information content (AvgIpc) is 3.24. The summed E-state index contributed by atoms with van der Waals surface area (Å²) in [5.74, 6) is -2.21. The summed E-state index contributed by atoms with van der Waals surface area (Å²) in [4.78, 5) is 50.2. The minimum Gasteiger partial charge on any atom is -0.463 e. The molecule has 32 heavy (non-hydrogen) atoms. The topological polar surface area (TPSA) is 143 Å². The SMILES string of the molecule is CCOC(=O)/C=C/C(=C\CC(N)=O)NC(=O)CNC(=O)c1ccc(-c2ccccc2C)[nH]1. The molecule has 0 atom stereocenters. The molecule has 1 heterocycles. The van der Waals surface area contributed by atoms with Crippen molar-refractivity contribution in [3.63, 3.8) is 0 Å². The van der Waals surface area contributed by atoms with Crippen molar-refractivity contribution in [2.24, 2.45) is 5.73 Å². The molecule has 0 unspecified atom stereocenters. The van der Waals surface area contributed by atoms with E-state index in [1.807, 2.05) is 31.2 Å². The number of benzene rings is 1. The third-order valence-electron chi connectivity index (χ3n) is 4.27. The highest BCUT2D eigenvalue weighted by Crippen LogP contribution is 2.22. The molecule has 2 rings (SSSR count). The van der Waals surface area contributed by atoms with Crippen molar-refractivity contribution in [2.75, 3.05) is 13.2 Å². The fourth-order valence-corrected chi connectivity index (χ4v) is 2.74. The summed E-state index contributed by atoms with van der Waals surface area (Å²) in [5.41, 5.74) is 8.43. The van der Waals surface area contributed by atoms with Crippen molar-refractivity contribution in [1.29, 1.82) is 0 Å². The molecule has 0 saturated carbocycles. The highest BCUT2D eigenvalue weighted by molar-refractivity contribution is 5.96. The minimum absolute atomic E-state index is 0.140. The first-order valence-corrected chi connectivity index (χ1v) is 9.96. The normalized spacial score (nSPS) is 11.2. The maximum atomic E-state index is 12.4. The molecular formula is C23H26N4O5. The van der Waals surface area contributed by atoms with Crippen LogP contribution in [0, 0.1) is 6.92 Å². The van der Waals surface area contributed by atoms with Gasteiger partial charge in [0.2, 0.25) is 11.8 Å². The van der Waals surface area contributed by atoms with Gasteiger partial charge in [-0.15, -0.1) is 0 Å². The van der Waals surface area contributed by atoms with Crippen molar-refractivity contribution in [3.8, 4) is 11.3 Å². The number of hydrogen-bond acceptors (Lipinski definition) is 5. The van der Waals surface area contributed by atoms with Gasteiger partial charge < -0.3 is 26.1 Å². The minimum atomic E-state index is -0.606. The zero-order valence-corrected chi connectivity index (χ0v) is 17.9. The summed E-state index contributed by atoms with van der Waals surface area (Å²) >= 11 is 0. The van der Waals surface area contributed by atoms with Gasteiger partial charge in [-0.2, -0.15) is 0 Å². The van der Waals surface area contributed by atoms with Gasteiger partial charge in [-0.05, 0) is 37.6 Å². The van der Waals surface area contributed by atoms with Crippen LogP contribution in [0.3, 0.4) is 0 Å². The quantitative estimate of drug-likeness (QED) is 0.254. The monoisotopic (exact) mass is 438 g/mol. The Bertz CT molecular complexity index is 1050. The molecular weight excluding hydrogens is 412 g/mol. The number of hydrogen-bond donors (Lipinski definition) is 4. The summed E-state index contributed by atoms with van der Waals surface area (Å²) in [5, 5.41) is 5.03. The lowest BCUT2D eigenvalue weighted by Gasteiger charge is -2.08. The summed E-state index contributed by atoms with van der Waals surface area (Å²) in [7, 11) is 0. The van der Waals surface area contributed by atoms with Gasteiger partial charge in [-0.1, -0.05) is 30.3 Å². The number of nitrogens with one attached hydrogen (secondary N) is 3. The summed E-state index contributed by atoms with van der Waals surface area (Å²) in [6.45, 7) is 3.51. The highest BCUT2D eigenvalue weighted by atomic mass is 16.5. The standard InChI is InChI=1S/C23H26N4O5/c1-3-32-22(30)13-9-16(8-12-20(24)28)26-21(29)14-25-23(31)19-11-10-18(27-19)17-7-5-4-6-15(17)2/h4-11,13,27H,3,12,14H2,1-2H3,(H2,24,28)(H,25,31)(H,26,29)/b13-9+,16-8+. The van der Waals surface area contributed by atoms with Crippen molar-refractivity contribution in [2.45, 2.75) is 20.3 Å². The predicted octanol–water partition coefficient (Wildman–Crippen LogP) is 1.71. The van der Waals surface area contributed by atoms with E-state index in [1.165, 1.54) is 12.2 Å². The Morgan fingerprint density at radius 3 is 2.53 bits per heavy atom. The number of aromatic amines is 1. The third kappa shape index (κ3) is 7.60. The van der Waals surface area contributed by atoms with Crippen molar-refractivity contribution >= 4 is 23.7 Å². The fraction of sp³-hybridized carbons (Fsp3) is 0.217. The van der Waals surface area contributed by atoms with Crippen LogP contribution in [0.25, 0.3) is 11.3 Å². The number of carbonyl (C=O) groups excluding carboxylic acids is 4. The van der Waals surface area contributed by atoms with Gasteiger partial charge in [0.15, 0.2) is 0 Å². The number of ether oxygens (including phenoxy) is 1. The van der Waals surface area contributed by atoms with E-state index in [2.05, 4.69) is 15.6 Å². The lowest BCUT2D eigenvalue weighted by atomic mass is 10.1. The van der Waals surface area contributed by atoms with Gasteiger partial charge in [-0.25, -0.2) is 4.79 Å². The van der Waals surface area contributed by atoms with E-state index in [9.17, 15) is 19.2 Å². The predicted molar refractivity (Wildman–Crippen MR) is 119 cm³/mol. The Morgan fingerprint density at radius 2 is 1.84 bits per heavy atom. The Hall–Kier alpha value is -4.14. The molecule has 2 aromatic rings. The van der Waals surface area contributed by atoms with E-state index in [0.29, 0.717) is 5.69 Å². The van der Waals surface area contributed by atoms with Gasteiger partial charge in [0, 0.05) is 29.5 Å². The summed E-state index contributed by atoms with van der Waals surface area (Å²) in [6, 6.07) is 11.2. The molecule has 3 amide bonds. The maximum absolute atomic E-state index is 12.4. The second kappa shape index (κ2) is 11.9. The van der Waals surface area contributed by atoms with Crippen LogP contribution in [0.1, 0.15) is 29.4 Å². The number of allylic oxidation sites excluding steroid dienone is 1. The van der Waals surface area contributed by atoms with Crippen LogP contribution in [0.5, 0.6) is 0 Å². The molecule has 0 spiro atoms. The molecule has 0 aliphatic carbocycles. The molecule has 9 nitrogen and oxygen atoms in total. The van der Waals surface area contributed by atoms with E-state index in [1.54, 1.807) is 19.1 Å². The molecule has 168 valence electrons. The van der Waals surface area contributed by atoms with Crippen LogP contribution >= 0.6 is 0 Å². The van der Waals surface area contributed by atoms with E-state index < -0.39 is 23.7 Å². The molecule has 0 bridgehead atoms. The number of nitrogens with two attached hydrogens (primary N) is 1. The van der Waals surface area contributed by atoms with Crippen LogP contribution in [0.4, 0.5) is 0 Å². The van der Waals surface area contributed by atoms with Crippen LogP contribution in [-0.2, 0) is 19.1 Å². The largest absolute Gasteiger partial charge is 0.463 e. The third-order valence-corrected chi connectivity index (χ3v) is 4.27. The second-order valence-electron chi connectivity index (χ2n) is 6.75. The molecule has 9 heteroatoms. The smallest absolute Gasteiger partial charge is 0.330 e. The summed E-state index contributed by atoms with van der Waals surface area (Å²) in [6.07, 6.45) is 3.62. The van der Waals surface area contributed by atoms with Gasteiger partial charge in [0.1, 0.15) is 5.69 Å². The Labute approximate surface area is 185 Å². The van der Waals surface area contributed by atoms with Crippen LogP contribution in [0.2, 0.25) is 0 Å². The number of esters is 1. The number of aromatic nitrogens is 1. The van der Waals surface area contributed by atoms with Gasteiger partial charge in [-0.3, -0.25) is 14.4 Å². The van der Waals surface area contributed by atoms with Gasteiger partial charge >= 0.3 is 5.97 Å². The molecule has 0 saturated heterocycles. The Morgan fingerprint density at radius 1 is 1.09 bits per heavy atom. The van der Waals surface area contributed by atoms with Crippen molar-refractivity contribution < 1.29 is 23.9 Å². The molecule has 0 radical (unpaired) electrons. The molecule has 1 aromatic heterocycles. The Kier molecular flexibility index (Phi) is 8.97. The Balaban J connectivity index is 1.97. The second-order valence-corrected chi connectivity index (χ2v) is 6.75. The van der Waals surface area contributed by atoms with Crippen molar-refractivity contribution in [1.82, 2.24) is 15.6 Å². The zero-order valence-electron chi connectivity index (χ0n) is 17.9. The number of carbonyl (C=O) groups is 4. The van der Waals surface area contributed by atoms with E-state index in [-0.39, 0.29) is 25.3 Å². The lowest BCUT2D eigenvalue weighted by Crippen LogP contribution is -2.36. The lowest BCUT2D eigenvalue weighted by molar-refractivity contribution is -0.137. The van der Waals surface area contributed by atoms with E-state index in [4.69, 9.17) is 10.5 Å². The molecule has 0 fully saturated rings. The molecule has 0 aliphatic rings. The van der Waals surface area contributed by atoms with E-state index in [0.717, 1.165) is 22.9 Å². The first-order valence-electron chi connectivity index (χ1n) is 9.96. The highest BCUT2D eigenvalue weighted by Gasteiger charge is 2.12. The van der Waals surface area contributed by atoms with Crippen LogP contribution in [0.15, 0.2) is 60.3 Å². The first-order chi connectivity index (χ1) is 15.3. The molecule has 1 aromatic carbocycles. The van der Waals surface area contributed by atoms with Crippen LogP contribution in [-0.4, -0.2) is 41.8 Å². The maximum Gasteiger partial charge on any atom is 0.330 e. The number of H-pyrrole nitrogens is 1. The van der Waals surface area contributed by atoms with Crippen molar-refractivity contribution in [3.05, 3.63) is 71.6 Å². The number of amides is 3. The van der Waals surface area contributed by atoms with Gasteiger partial charge in [0.05, 0.1) is 13.2 Å². The fourth-order valence-electron chi connectivity index (χ4n) is 2.74. The van der Waals surface area contributed by atoms with E-state index >= 15 is 0 Å². The first kappa shape index (κ1) is 24.1.